The Kier molecular flexibility index (Phi) is 6.06. The van der Waals surface area contributed by atoms with Gasteiger partial charge in [0.2, 0.25) is 0 Å². The zero-order valence-electron chi connectivity index (χ0n) is 17.9. The number of benzene rings is 2. The van der Waals surface area contributed by atoms with Crippen LogP contribution >= 0.6 is 15.9 Å². The Morgan fingerprint density at radius 3 is 2.56 bits per heavy atom. The lowest BCUT2D eigenvalue weighted by atomic mass is 10.0. The fourth-order valence-corrected chi connectivity index (χ4v) is 4.77. The fourth-order valence-electron chi connectivity index (χ4n) is 4.29. The number of imidazole rings is 1. The highest BCUT2D eigenvalue weighted by Crippen LogP contribution is 2.41. The normalized spacial score (nSPS) is 15.0. The van der Waals surface area contributed by atoms with E-state index in [4.69, 9.17) is 14.5 Å². The number of pyridine rings is 1. The van der Waals surface area contributed by atoms with Crippen molar-refractivity contribution in [2.75, 3.05) is 13.7 Å². The Hall–Kier alpha value is -2.96. The molecule has 5 nitrogen and oxygen atoms in total. The number of hydrogen-bond acceptors (Lipinski definition) is 4. The minimum atomic E-state index is 0.246. The molecule has 0 fully saturated rings. The van der Waals surface area contributed by atoms with E-state index in [1.54, 1.807) is 7.11 Å². The van der Waals surface area contributed by atoms with Gasteiger partial charge in [0.15, 0.2) is 0 Å². The molecule has 0 bridgehead atoms. The van der Waals surface area contributed by atoms with Gasteiger partial charge in [-0.05, 0) is 42.3 Å². The lowest BCUT2D eigenvalue weighted by Crippen LogP contribution is -2.13. The van der Waals surface area contributed by atoms with E-state index in [9.17, 15) is 0 Å². The number of nitrogens with zero attached hydrogens (tertiary/aromatic N) is 3. The second kappa shape index (κ2) is 9.27. The SMILES string of the molecule is COc1ccc(COC[C@@H]2CCc3nc(-c4ccccc4Br)c(-c4ccncc4)n32)cc1. The van der Waals surface area contributed by atoms with Crippen molar-refractivity contribution < 1.29 is 9.47 Å². The molecule has 2 aromatic heterocycles. The lowest BCUT2D eigenvalue weighted by molar-refractivity contribution is 0.0925. The fraction of sp³-hybridized carbons (Fsp3) is 0.231. The van der Waals surface area contributed by atoms with Gasteiger partial charge in [0, 0.05) is 34.4 Å². The summed E-state index contributed by atoms with van der Waals surface area (Å²) in [5.74, 6) is 1.97. The highest BCUT2D eigenvalue weighted by Gasteiger charge is 2.30. The molecule has 0 amide bonds. The van der Waals surface area contributed by atoms with Crippen LogP contribution in [0.2, 0.25) is 0 Å². The summed E-state index contributed by atoms with van der Waals surface area (Å²) in [6.45, 7) is 1.22. The van der Waals surface area contributed by atoms with Gasteiger partial charge in [0.05, 0.1) is 37.8 Å². The van der Waals surface area contributed by atoms with Gasteiger partial charge in [-0.1, -0.05) is 46.3 Å². The Balaban J connectivity index is 1.44. The average molecular weight is 490 g/mol. The first-order valence-electron chi connectivity index (χ1n) is 10.7. The van der Waals surface area contributed by atoms with Crippen LogP contribution in [0.15, 0.2) is 77.5 Å². The van der Waals surface area contributed by atoms with Gasteiger partial charge >= 0.3 is 0 Å². The van der Waals surface area contributed by atoms with Crippen molar-refractivity contribution in [2.45, 2.75) is 25.5 Å². The van der Waals surface area contributed by atoms with Crippen molar-refractivity contribution in [3.05, 3.63) is 88.9 Å². The molecule has 0 saturated heterocycles. The zero-order valence-corrected chi connectivity index (χ0v) is 19.5. The molecule has 0 spiro atoms. The summed E-state index contributed by atoms with van der Waals surface area (Å²) in [5.41, 5.74) is 5.48. The molecular formula is C26H24BrN3O2. The first-order chi connectivity index (χ1) is 15.7. The third-order valence-corrected chi connectivity index (χ3v) is 6.56. The van der Waals surface area contributed by atoms with Crippen LogP contribution in [0.5, 0.6) is 5.75 Å². The Bertz CT molecular complexity index is 1210. The molecule has 1 atom stereocenters. The Morgan fingerprint density at radius 1 is 1.03 bits per heavy atom. The highest BCUT2D eigenvalue weighted by molar-refractivity contribution is 9.10. The standard InChI is InChI=1S/C26H24BrN3O2/c1-31-21-9-6-18(7-10-21)16-32-17-20-8-11-24-29-25(22-4-2-3-5-23(22)27)26(30(20)24)19-12-14-28-15-13-19/h2-7,9-10,12-15,20H,8,11,16-17H2,1H3/t20-/m0/s1. The van der Waals surface area contributed by atoms with E-state index in [0.717, 1.165) is 57.0 Å². The minimum Gasteiger partial charge on any atom is -0.497 e. The van der Waals surface area contributed by atoms with E-state index in [0.29, 0.717) is 13.2 Å². The topological polar surface area (TPSA) is 49.2 Å². The van der Waals surface area contributed by atoms with E-state index in [-0.39, 0.29) is 6.04 Å². The average Bonchev–Trinajstić information content (AvgIpc) is 3.40. The minimum absolute atomic E-state index is 0.246. The molecule has 1 aliphatic rings. The van der Waals surface area contributed by atoms with Crippen LogP contribution in [0, 0.1) is 0 Å². The molecule has 32 heavy (non-hydrogen) atoms. The molecule has 0 unspecified atom stereocenters. The maximum atomic E-state index is 6.15. The van der Waals surface area contributed by atoms with Gasteiger partial charge < -0.3 is 14.0 Å². The third kappa shape index (κ3) is 4.08. The van der Waals surface area contributed by atoms with Crippen molar-refractivity contribution in [3.8, 4) is 28.3 Å². The van der Waals surface area contributed by atoms with Crippen LogP contribution in [-0.2, 0) is 17.8 Å². The molecule has 2 aromatic carbocycles. The molecule has 4 aromatic rings. The van der Waals surface area contributed by atoms with Gasteiger partial charge in [0.1, 0.15) is 11.6 Å². The number of rotatable bonds is 7. The van der Waals surface area contributed by atoms with Crippen LogP contribution in [-0.4, -0.2) is 28.3 Å². The second-order valence-corrected chi connectivity index (χ2v) is 8.72. The van der Waals surface area contributed by atoms with Gasteiger partial charge in [0.25, 0.3) is 0 Å². The lowest BCUT2D eigenvalue weighted by Gasteiger charge is -2.18. The van der Waals surface area contributed by atoms with Gasteiger partial charge in [-0.25, -0.2) is 4.98 Å². The number of aryl methyl sites for hydroxylation is 1. The van der Waals surface area contributed by atoms with Crippen molar-refractivity contribution in [3.63, 3.8) is 0 Å². The molecule has 0 radical (unpaired) electrons. The summed E-state index contributed by atoms with van der Waals surface area (Å²) in [4.78, 5) is 9.29. The second-order valence-electron chi connectivity index (χ2n) is 7.87. The number of fused-ring (bicyclic) bond motifs is 1. The Morgan fingerprint density at radius 2 is 1.81 bits per heavy atom. The van der Waals surface area contributed by atoms with Gasteiger partial charge in [-0.2, -0.15) is 0 Å². The van der Waals surface area contributed by atoms with Crippen LogP contribution in [0.25, 0.3) is 22.5 Å². The van der Waals surface area contributed by atoms with Crippen molar-refractivity contribution >= 4 is 15.9 Å². The predicted molar refractivity (Wildman–Crippen MR) is 129 cm³/mol. The third-order valence-electron chi connectivity index (χ3n) is 5.87. The first-order valence-corrected chi connectivity index (χ1v) is 11.5. The van der Waals surface area contributed by atoms with E-state index in [1.807, 2.05) is 42.7 Å². The molecule has 0 aliphatic carbocycles. The Labute approximate surface area is 196 Å². The van der Waals surface area contributed by atoms with Crippen molar-refractivity contribution in [2.24, 2.45) is 0 Å². The van der Waals surface area contributed by atoms with Crippen LogP contribution in [0.4, 0.5) is 0 Å². The maximum Gasteiger partial charge on any atom is 0.118 e. The number of methoxy groups -OCH3 is 1. The van der Waals surface area contributed by atoms with Crippen molar-refractivity contribution in [1.29, 1.82) is 0 Å². The molecule has 162 valence electrons. The predicted octanol–water partition coefficient (Wildman–Crippen LogP) is 6.09. The summed E-state index contributed by atoms with van der Waals surface area (Å²) >= 11 is 3.71. The van der Waals surface area contributed by atoms with Crippen LogP contribution in [0.1, 0.15) is 23.9 Å². The number of aromatic nitrogens is 3. The highest BCUT2D eigenvalue weighted by atomic mass is 79.9. The molecule has 0 N–H and O–H groups in total. The summed E-state index contributed by atoms with van der Waals surface area (Å²) in [6, 6.07) is 20.6. The number of hydrogen-bond donors (Lipinski definition) is 0. The summed E-state index contributed by atoms with van der Waals surface area (Å²) < 4.78 is 14.8. The summed E-state index contributed by atoms with van der Waals surface area (Å²) in [5, 5.41) is 0. The zero-order chi connectivity index (χ0) is 21.9. The summed E-state index contributed by atoms with van der Waals surface area (Å²) in [7, 11) is 1.68. The monoisotopic (exact) mass is 489 g/mol. The summed E-state index contributed by atoms with van der Waals surface area (Å²) in [6.07, 6.45) is 5.64. The van der Waals surface area contributed by atoms with E-state index < -0.39 is 0 Å². The first kappa shape index (κ1) is 20.9. The molecule has 3 heterocycles. The van der Waals surface area contributed by atoms with Gasteiger partial charge in [-0.15, -0.1) is 0 Å². The molecule has 0 saturated carbocycles. The molecule has 1 aliphatic heterocycles. The smallest absolute Gasteiger partial charge is 0.118 e. The number of ether oxygens (including phenoxy) is 2. The van der Waals surface area contributed by atoms with E-state index >= 15 is 0 Å². The molecular weight excluding hydrogens is 466 g/mol. The van der Waals surface area contributed by atoms with E-state index in [2.05, 4.69) is 55.8 Å². The van der Waals surface area contributed by atoms with Crippen molar-refractivity contribution in [1.82, 2.24) is 14.5 Å². The maximum absolute atomic E-state index is 6.15. The van der Waals surface area contributed by atoms with Crippen LogP contribution < -0.4 is 4.74 Å². The largest absolute Gasteiger partial charge is 0.497 e. The molecule has 6 heteroatoms. The van der Waals surface area contributed by atoms with Crippen LogP contribution in [0.3, 0.4) is 0 Å². The number of halogens is 1. The van der Waals surface area contributed by atoms with E-state index in [1.165, 1.54) is 0 Å². The molecule has 5 rings (SSSR count). The van der Waals surface area contributed by atoms with Gasteiger partial charge in [-0.3, -0.25) is 4.98 Å². The quantitative estimate of drug-likeness (QED) is 0.315.